The van der Waals surface area contributed by atoms with Crippen LogP contribution in [0.2, 0.25) is 0 Å². The number of oxime groups is 1. The molecule has 2 aromatic rings. The van der Waals surface area contributed by atoms with E-state index in [2.05, 4.69) is 31.4 Å². The van der Waals surface area contributed by atoms with E-state index in [0.717, 1.165) is 5.56 Å². The Morgan fingerprint density at radius 2 is 2.20 bits per heavy atom. The number of hydrogen-bond donors (Lipinski definition) is 2. The highest BCUT2D eigenvalue weighted by Gasteiger charge is 2.18. The normalized spacial score (nSPS) is 14.4. The summed E-state index contributed by atoms with van der Waals surface area (Å²) in [6.45, 7) is 0. The molecule has 10 heteroatoms. The molecule has 0 fully saturated rings. The van der Waals surface area contributed by atoms with Crippen molar-refractivity contribution >= 4 is 31.4 Å². The van der Waals surface area contributed by atoms with Gasteiger partial charge in [0, 0.05) is 28.2 Å². The monoisotopic (exact) mass is 432 g/mol. The van der Waals surface area contributed by atoms with Crippen molar-refractivity contribution in [1.29, 1.82) is 4.78 Å². The highest BCUT2D eigenvalue weighted by Crippen LogP contribution is 2.19. The van der Waals surface area contributed by atoms with Gasteiger partial charge in [-0.1, -0.05) is 16.4 Å². The van der Waals surface area contributed by atoms with E-state index in [1.54, 1.807) is 12.1 Å². The first-order valence-corrected chi connectivity index (χ1v) is 10.4. The van der Waals surface area contributed by atoms with E-state index in [1.165, 1.54) is 12.3 Å². The second kappa shape index (κ2) is 8.52. The molecule has 0 aliphatic rings. The Bertz CT molecular complexity index is 867. The lowest BCUT2D eigenvalue weighted by Gasteiger charge is -2.05. The average Bonchev–Trinajstić information content (AvgIpc) is 3.00. The van der Waals surface area contributed by atoms with E-state index in [9.17, 15) is 13.8 Å². The van der Waals surface area contributed by atoms with Crippen LogP contribution in [0.5, 0.6) is 0 Å². The van der Waals surface area contributed by atoms with Crippen molar-refractivity contribution in [3.05, 3.63) is 45.4 Å². The van der Waals surface area contributed by atoms with Gasteiger partial charge in [0.05, 0.1) is 4.47 Å². The first-order chi connectivity index (χ1) is 11.8. The van der Waals surface area contributed by atoms with Gasteiger partial charge >= 0.3 is 0 Å². The quantitative estimate of drug-likeness (QED) is 0.287. The minimum Gasteiger partial charge on any atom is -0.411 e. The van der Waals surface area contributed by atoms with Crippen LogP contribution in [0.15, 0.2) is 32.5 Å². The second-order valence-electron chi connectivity index (χ2n) is 5.70. The molecule has 0 amide bonds. The van der Waals surface area contributed by atoms with Gasteiger partial charge in [-0.3, -0.25) is 8.99 Å². The van der Waals surface area contributed by atoms with Crippen LogP contribution in [-0.4, -0.2) is 37.4 Å². The van der Waals surface area contributed by atoms with Crippen molar-refractivity contribution in [1.82, 2.24) is 10.3 Å². The molecule has 1 aromatic heterocycles. The Labute approximate surface area is 153 Å². The van der Waals surface area contributed by atoms with Crippen molar-refractivity contribution in [2.24, 2.45) is 5.16 Å². The molecule has 7 nitrogen and oxygen atoms in total. The van der Waals surface area contributed by atoms with E-state index >= 15 is 0 Å². The third-order valence-corrected chi connectivity index (χ3v) is 5.18. The molecule has 136 valence electrons. The van der Waals surface area contributed by atoms with Crippen LogP contribution in [0, 0.1) is 10.6 Å². The van der Waals surface area contributed by atoms with Crippen molar-refractivity contribution in [2.75, 3.05) is 12.0 Å². The van der Waals surface area contributed by atoms with E-state index in [4.69, 9.17) is 9.41 Å². The highest BCUT2D eigenvalue weighted by atomic mass is 79.9. The minimum absolute atomic E-state index is 0.228. The van der Waals surface area contributed by atoms with Crippen molar-refractivity contribution in [3.63, 3.8) is 0 Å². The average molecular weight is 433 g/mol. The number of unbranched alkanes of at least 4 members (excludes halogenated alkanes) is 1. The Balaban J connectivity index is 2.06. The topological polar surface area (TPSA) is 112 Å². The van der Waals surface area contributed by atoms with Gasteiger partial charge in [-0.05, 0) is 58.0 Å². The third kappa shape index (κ3) is 5.89. The summed E-state index contributed by atoms with van der Waals surface area (Å²) in [6, 6.07) is 4.50. The molecule has 0 aliphatic carbocycles. The molecule has 1 aromatic carbocycles. The summed E-state index contributed by atoms with van der Waals surface area (Å²) < 4.78 is 37.1. The van der Waals surface area contributed by atoms with Crippen LogP contribution < -0.4 is 0 Å². The number of halogens is 2. The van der Waals surface area contributed by atoms with Crippen LogP contribution >= 0.6 is 15.9 Å². The van der Waals surface area contributed by atoms with Gasteiger partial charge in [0.1, 0.15) is 17.2 Å². The number of nitrogens with one attached hydrogen (secondary N) is 1. The van der Waals surface area contributed by atoms with Crippen LogP contribution in [-0.2, 0) is 22.6 Å². The maximum absolute atomic E-state index is 13.3. The zero-order chi connectivity index (χ0) is 18.4. The smallest absolute Gasteiger partial charge is 0.156 e. The molecule has 2 N–H and O–H groups in total. The fraction of sp³-hybridized carbons (Fsp3) is 0.400. The number of nitrogens with zero attached hydrogens (tertiary/aromatic N) is 3. The molecule has 0 radical (unpaired) electrons. The van der Waals surface area contributed by atoms with Gasteiger partial charge in [0.2, 0.25) is 0 Å². The summed E-state index contributed by atoms with van der Waals surface area (Å²) in [5.74, 6) is -0.0602. The molecular formula is C15H18BrFN4O3S. The molecule has 0 saturated heterocycles. The van der Waals surface area contributed by atoms with Crippen LogP contribution in [0.3, 0.4) is 0 Å². The Hall–Kier alpha value is -1.81. The SMILES string of the molecule is CS(=N)(=O)CCCCc1nonc1/C(Cc1ccc(F)c(Br)c1)=N/O. The molecule has 1 atom stereocenters. The lowest BCUT2D eigenvalue weighted by Crippen LogP contribution is -2.10. The highest BCUT2D eigenvalue weighted by molar-refractivity contribution is 9.10. The molecule has 0 saturated carbocycles. The zero-order valence-corrected chi connectivity index (χ0v) is 15.9. The molecular weight excluding hydrogens is 415 g/mol. The van der Waals surface area contributed by atoms with Gasteiger partial charge in [-0.25, -0.2) is 9.02 Å². The summed E-state index contributed by atoms with van der Waals surface area (Å²) in [7, 11) is -2.50. The van der Waals surface area contributed by atoms with E-state index in [1.807, 2.05) is 0 Å². The largest absolute Gasteiger partial charge is 0.411 e. The number of aryl methyl sites for hydroxylation is 1. The van der Waals surface area contributed by atoms with Gasteiger partial charge < -0.3 is 5.21 Å². The fourth-order valence-electron chi connectivity index (χ4n) is 2.27. The number of hydrogen-bond acceptors (Lipinski definition) is 7. The van der Waals surface area contributed by atoms with Gasteiger partial charge in [0.15, 0.2) is 5.69 Å². The minimum atomic E-state index is -2.50. The molecule has 0 bridgehead atoms. The van der Waals surface area contributed by atoms with Crippen LogP contribution in [0.1, 0.15) is 29.8 Å². The molecule has 25 heavy (non-hydrogen) atoms. The van der Waals surface area contributed by atoms with Crippen molar-refractivity contribution < 1.29 is 18.4 Å². The first-order valence-electron chi connectivity index (χ1n) is 7.48. The van der Waals surface area contributed by atoms with E-state index < -0.39 is 9.73 Å². The standard InChI is InChI=1S/C15H18BrFN4O3S/c1-25(18,23)7-3-2-4-13-15(21-24-20-13)14(19-22)9-10-5-6-12(17)11(16)8-10/h5-6,8,18,22H,2-4,7,9H2,1H3/b19-14+. The Morgan fingerprint density at radius 1 is 1.44 bits per heavy atom. The summed E-state index contributed by atoms with van der Waals surface area (Å²) in [6.07, 6.45) is 3.41. The predicted molar refractivity (Wildman–Crippen MR) is 95.0 cm³/mol. The van der Waals surface area contributed by atoms with Crippen LogP contribution in [0.25, 0.3) is 0 Å². The van der Waals surface area contributed by atoms with Crippen molar-refractivity contribution in [2.45, 2.75) is 25.7 Å². The van der Waals surface area contributed by atoms with Gasteiger partial charge in [0.25, 0.3) is 0 Å². The van der Waals surface area contributed by atoms with E-state index in [0.29, 0.717) is 40.9 Å². The lowest BCUT2D eigenvalue weighted by molar-refractivity contribution is 0.300. The number of benzene rings is 1. The molecule has 1 unspecified atom stereocenters. The first kappa shape index (κ1) is 19.5. The Morgan fingerprint density at radius 3 is 2.84 bits per heavy atom. The third-order valence-electron chi connectivity index (χ3n) is 3.50. The fourth-order valence-corrected chi connectivity index (χ4v) is 3.45. The molecule has 2 rings (SSSR count). The van der Waals surface area contributed by atoms with Crippen LogP contribution in [0.4, 0.5) is 4.39 Å². The summed E-state index contributed by atoms with van der Waals surface area (Å²) in [5.41, 5.74) is 1.86. The maximum Gasteiger partial charge on any atom is 0.156 e. The summed E-state index contributed by atoms with van der Waals surface area (Å²) in [5, 5.41) is 20.2. The second-order valence-corrected chi connectivity index (χ2v) is 8.97. The zero-order valence-electron chi connectivity index (χ0n) is 13.5. The summed E-state index contributed by atoms with van der Waals surface area (Å²) in [4.78, 5) is 0. The van der Waals surface area contributed by atoms with Gasteiger partial charge in [-0.15, -0.1) is 0 Å². The Kier molecular flexibility index (Phi) is 6.65. The van der Waals surface area contributed by atoms with Crippen molar-refractivity contribution in [3.8, 4) is 0 Å². The predicted octanol–water partition coefficient (Wildman–Crippen LogP) is 3.39. The summed E-state index contributed by atoms with van der Waals surface area (Å²) >= 11 is 3.12. The molecule has 0 spiro atoms. The lowest BCUT2D eigenvalue weighted by atomic mass is 10.0. The number of aromatic nitrogens is 2. The molecule has 1 heterocycles. The maximum atomic E-state index is 13.3. The molecule has 0 aliphatic heterocycles. The van der Waals surface area contributed by atoms with Gasteiger partial charge in [-0.2, -0.15) is 0 Å². The number of rotatable bonds is 8. The van der Waals surface area contributed by atoms with E-state index in [-0.39, 0.29) is 17.9 Å².